The van der Waals surface area contributed by atoms with Gasteiger partial charge in [0.05, 0.1) is 17.9 Å². The fourth-order valence-electron chi connectivity index (χ4n) is 3.82. The molecule has 1 aliphatic heterocycles. The Morgan fingerprint density at radius 1 is 1.00 bits per heavy atom. The summed E-state index contributed by atoms with van der Waals surface area (Å²) in [4.78, 5) is 6.92. The van der Waals surface area contributed by atoms with Crippen molar-refractivity contribution in [3.63, 3.8) is 0 Å². The number of likely N-dealkylation sites (tertiary alicyclic amines) is 1. The molecule has 2 N–H and O–H groups in total. The van der Waals surface area contributed by atoms with Crippen molar-refractivity contribution in [1.82, 2.24) is 25.3 Å². The number of guanidine groups is 1. The first-order valence-electron chi connectivity index (χ1n) is 10.6. The van der Waals surface area contributed by atoms with Crippen molar-refractivity contribution < 1.29 is 0 Å². The third-order valence-electron chi connectivity index (χ3n) is 5.50. The lowest BCUT2D eigenvalue weighted by atomic mass is 10.0. The number of para-hydroxylation sites is 1. The van der Waals surface area contributed by atoms with E-state index in [-0.39, 0.29) is 0 Å². The smallest absolute Gasteiger partial charge is 0.191 e. The molecule has 6 heteroatoms. The van der Waals surface area contributed by atoms with Gasteiger partial charge in [0.15, 0.2) is 5.96 Å². The highest BCUT2D eigenvalue weighted by atomic mass is 15.3. The Kier molecular flexibility index (Phi) is 6.77. The molecule has 4 rings (SSSR count). The maximum Gasteiger partial charge on any atom is 0.191 e. The molecule has 0 unspecified atom stereocenters. The number of hydrogen-bond donors (Lipinski definition) is 2. The molecule has 1 saturated heterocycles. The quantitative estimate of drug-likeness (QED) is 0.491. The molecule has 0 atom stereocenters. The summed E-state index contributed by atoms with van der Waals surface area (Å²) < 4.78 is 1.90. The minimum absolute atomic E-state index is 0.449. The fourth-order valence-corrected chi connectivity index (χ4v) is 3.82. The van der Waals surface area contributed by atoms with E-state index in [4.69, 9.17) is 0 Å². The van der Waals surface area contributed by atoms with Gasteiger partial charge in [0.2, 0.25) is 0 Å². The van der Waals surface area contributed by atoms with Crippen LogP contribution in [0.4, 0.5) is 0 Å². The molecule has 0 radical (unpaired) electrons. The second-order valence-corrected chi connectivity index (χ2v) is 7.69. The van der Waals surface area contributed by atoms with Crippen molar-refractivity contribution in [2.75, 3.05) is 20.1 Å². The van der Waals surface area contributed by atoms with Gasteiger partial charge in [-0.2, -0.15) is 5.10 Å². The first-order valence-corrected chi connectivity index (χ1v) is 10.6. The lowest BCUT2D eigenvalue weighted by Crippen LogP contribution is -2.48. The predicted octanol–water partition coefficient (Wildman–Crippen LogP) is 3.20. The van der Waals surface area contributed by atoms with Gasteiger partial charge in [-0.15, -0.1) is 0 Å². The molecule has 30 heavy (non-hydrogen) atoms. The van der Waals surface area contributed by atoms with E-state index < -0.39 is 0 Å². The Morgan fingerprint density at radius 2 is 1.70 bits per heavy atom. The third-order valence-corrected chi connectivity index (χ3v) is 5.50. The number of piperidine rings is 1. The van der Waals surface area contributed by atoms with Crippen LogP contribution in [-0.4, -0.2) is 46.8 Å². The van der Waals surface area contributed by atoms with Gasteiger partial charge in [0.25, 0.3) is 0 Å². The van der Waals surface area contributed by atoms with Gasteiger partial charge in [0, 0.05) is 38.9 Å². The molecule has 1 aliphatic rings. The van der Waals surface area contributed by atoms with E-state index in [9.17, 15) is 0 Å². The summed E-state index contributed by atoms with van der Waals surface area (Å²) in [6.45, 7) is 3.88. The van der Waals surface area contributed by atoms with Gasteiger partial charge in [-0.05, 0) is 36.6 Å². The summed E-state index contributed by atoms with van der Waals surface area (Å²) >= 11 is 0. The van der Waals surface area contributed by atoms with Crippen LogP contribution >= 0.6 is 0 Å². The standard InChI is InChI=1S/C24H30N6/c1-25-24(26-18-22-14-17-30(28-22)23-10-6-3-7-11-23)27-21-12-15-29(16-13-21)19-20-8-4-2-5-9-20/h2-11,14,17,21H,12-13,15-16,18-19H2,1H3,(H2,25,26,27). The van der Waals surface area contributed by atoms with Crippen LogP contribution in [0.1, 0.15) is 24.1 Å². The van der Waals surface area contributed by atoms with Crippen molar-refractivity contribution in [2.45, 2.75) is 32.0 Å². The summed E-state index contributed by atoms with van der Waals surface area (Å²) in [5.74, 6) is 0.839. The fraction of sp³-hybridized carbons (Fsp3) is 0.333. The van der Waals surface area contributed by atoms with E-state index in [0.29, 0.717) is 12.6 Å². The van der Waals surface area contributed by atoms with Gasteiger partial charge < -0.3 is 10.6 Å². The molecule has 0 bridgehead atoms. The van der Waals surface area contributed by atoms with Gasteiger partial charge in [0.1, 0.15) is 0 Å². The molecule has 2 heterocycles. The van der Waals surface area contributed by atoms with Crippen LogP contribution in [0, 0.1) is 0 Å². The lowest BCUT2D eigenvalue weighted by molar-refractivity contribution is 0.198. The van der Waals surface area contributed by atoms with Crippen LogP contribution in [0.5, 0.6) is 0 Å². The number of rotatable bonds is 6. The van der Waals surface area contributed by atoms with Gasteiger partial charge in [-0.1, -0.05) is 48.5 Å². The van der Waals surface area contributed by atoms with Crippen LogP contribution in [0.2, 0.25) is 0 Å². The highest BCUT2D eigenvalue weighted by Gasteiger charge is 2.20. The van der Waals surface area contributed by atoms with Gasteiger partial charge >= 0.3 is 0 Å². The average molecular weight is 403 g/mol. The summed E-state index contributed by atoms with van der Waals surface area (Å²) in [5.41, 5.74) is 3.43. The average Bonchev–Trinajstić information content (AvgIpc) is 3.28. The minimum Gasteiger partial charge on any atom is -0.354 e. The number of nitrogens with one attached hydrogen (secondary N) is 2. The minimum atomic E-state index is 0.449. The number of aromatic nitrogens is 2. The first kappa shape index (κ1) is 20.2. The van der Waals surface area contributed by atoms with Crippen molar-refractivity contribution in [3.8, 4) is 5.69 Å². The number of aliphatic imine (C=N–C) groups is 1. The summed E-state index contributed by atoms with van der Waals surface area (Å²) in [6.07, 6.45) is 4.23. The predicted molar refractivity (Wildman–Crippen MR) is 122 cm³/mol. The van der Waals surface area contributed by atoms with Crippen molar-refractivity contribution in [3.05, 3.63) is 84.2 Å². The van der Waals surface area contributed by atoms with Crippen LogP contribution in [0.3, 0.4) is 0 Å². The van der Waals surface area contributed by atoms with Crippen LogP contribution in [0.15, 0.2) is 77.9 Å². The molecule has 0 aliphatic carbocycles. The Balaban J connectivity index is 1.22. The molecule has 3 aromatic rings. The Labute approximate surface area is 178 Å². The molecule has 0 spiro atoms. The van der Waals surface area contributed by atoms with E-state index in [1.807, 2.05) is 42.2 Å². The Morgan fingerprint density at radius 3 is 2.40 bits per heavy atom. The molecule has 0 saturated carbocycles. The molecule has 6 nitrogen and oxygen atoms in total. The van der Waals surface area contributed by atoms with E-state index in [2.05, 4.69) is 68.1 Å². The van der Waals surface area contributed by atoms with Crippen LogP contribution < -0.4 is 10.6 Å². The zero-order valence-electron chi connectivity index (χ0n) is 17.5. The van der Waals surface area contributed by atoms with E-state index in [1.165, 1.54) is 5.56 Å². The second-order valence-electron chi connectivity index (χ2n) is 7.69. The van der Waals surface area contributed by atoms with Gasteiger partial charge in [-0.25, -0.2) is 4.68 Å². The maximum absolute atomic E-state index is 4.65. The Hall–Kier alpha value is -3.12. The molecule has 0 amide bonds. The lowest BCUT2D eigenvalue weighted by Gasteiger charge is -2.33. The number of hydrogen-bond acceptors (Lipinski definition) is 3. The maximum atomic E-state index is 4.65. The highest BCUT2D eigenvalue weighted by Crippen LogP contribution is 2.14. The SMILES string of the molecule is CN=C(NCc1ccn(-c2ccccc2)n1)NC1CCN(Cc2ccccc2)CC1. The van der Waals surface area contributed by atoms with Crippen molar-refractivity contribution >= 4 is 5.96 Å². The summed E-state index contributed by atoms with van der Waals surface area (Å²) in [5, 5.41) is 11.6. The second kappa shape index (κ2) is 10.1. The van der Waals surface area contributed by atoms with Crippen molar-refractivity contribution in [2.24, 2.45) is 4.99 Å². The summed E-state index contributed by atoms with van der Waals surface area (Å²) in [7, 11) is 1.82. The zero-order chi connectivity index (χ0) is 20.6. The zero-order valence-corrected chi connectivity index (χ0v) is 17.5. The monoisotopic (exact) mass is 402 g/mol. The molecule has 1 fully saturated rings. The molecular formula is C24H30N6. The number of benzene rings is 2. The van der Waals surface area contributed by atoms with Gasteiger partial charge in [-0.3, -0.25) is 9.89 Å². The highest BCUT2D eigenvalue weighted by molar-refractivity contribution is 5.79. The molecule has 156 valence electrons. The molecular weight excluding hydrogens is 372 g/mol. The van der Waals surface area contributed by atoms with E-state index >= 15 is 0 Å². The first-order chi connectivity index (χ1) is 14.8. The molecule has 1 aromatic heterocycles. The molecule has 2 aromatic carbocycles. The summed E-state index contributed by atoms with van der Waals surface area (Å²) in [6, 6.07) is 23.3. The van der Waals surface area contributed by atoms with Crippen LogP contribution in [0.25, 0.3) is 5.69 Å². The normalized spacial score (nSPS) is 15.8. The van der Waals surface area contributed by atoms with Crippen LogP contribution in [-0.2, 0) is 13.1 Å². The van der Waals surface area contributed by atoms with Crippen molar-refractivity contribution in [1.29, 1.82) is 0 Å². The third kappa shape index (κ3) is 5.48. The Bertz CT molecular complexity index is 927. The topological polar surface area (TPSA) is 57.5 Å². The number of nitrogens with zero attached hydrogens (tertiary/aromatic N) is 4. The van der Waals surface area contributed by atoms with E-state index in [1.54, 1.807) is 0 Å². The largest absolute Gasteiger partial charge is 0.354 e. The van der Waals surface area contributed by atoms with E-state index in [0.717, 1.165) is 49.8 Å².